The largest absolute Gasteiger partial charge is 0.306 e. The second-order valence-electron chi connectivity index (χ2n) is 7.07. The first-order chi connectivity index (χ1) is 14.3. The summed E-state index contributed by atoms with van der Waals surface area (Å²) in [7, 11) is 0. The predicted molar refractivity (Wildman–Crippen MR) is 113 cm³/mol. The standard InChI is InChI=1S/C22H19N5OS/c28-22-17-14-27(13-15-5-6-19(24-11-15)20-4-2-10-29-20)9-7-18(17)25-21(26-22)16-3-1-8-23-12-16/h1-6,8,10-12H,7,9,13-14H2,(H,25,26,28). The molecule has 5 heterocycles. The lowest BCUT2D eigenvalue weighted by atomic mass is 10.1. The summed E-state index contributed by atoms with van der Waals surface area (Å²) in [6.07, 6.45) is 6.11. The van der Waals surface area contributed by atoms with Crippen molar-refractivity contribution in [1.82, 2.24) is 24.8 Å². The Labute approximate surface area is 171 Å². The van der Waals surface area contributed by atoms with Crippen molar-refractivity contribution in [1.29, 1.82) is 0 Å². The van der Waals surface area contributed by atoms with Gasteiger partial charge in [0, 0.05) is 50.2 Å². The maximum Gasteiger partial charge on any atom is 0.255 e. The minimum atomic E-state index is -0.0651. The van der Waals surface area contributed by atoms with E-state index in [1.54, 1.807) is 23.7 Å². The number of H-pyrrole nitrogens is 1. The summed E-state index contributed by atoms with van der Waals surface area (Å²) < 4.78 is 0. The van der Waals surface area contributed by atoms with Crippen LogP contribution in [0.15, 0.2) is 65.2 Å². The molecule has 0 aliphatic carbocycles. The first-order valence-electron chi connectivity index (χ1n) is 9.50. The highest BCUT2D eigenvalue weighted by molar-refractivity contribution is 7.13. The average molecular weight is 401 g/mol. The summed E-state index contributed by atoms with van der Waals surface area (Å²) in [5.74, 6) is 0.587. The number of pyridine rings is 2. The molecule has 1 aliphatic rings. The van der Waals surface area contributed by atoms with E-state index in [1.807, 2.05) is 24.4 Å². The lowest BCUT2D eigenvalue weighted by molar-refractivity contribution is 0.241. The molecule has 1 N–H and O–H groups in total. The van der Waals surface area contributed by atoms with Gasteiger partial charge in [0.2, 0.25) is 0 Å². The number of fused-ring (bicyclic) bond motifs is 1. The number of nitrogens with one attached hydrogen (secondary N) is 1. The summed E-state index contributed by atoms with van der Waals surface area (Å²) >= 11 is 1.69. The van der Waals surface area contributed by atoms with Gasteiger partial charge < -0.3 is 4.98 Å². The van der Waals surface area contributed by atoms with Crippen LogP contribution in [0.5, 0.6) is 0 Å². The molecule has 1 aliphatic heterocycles. The highest BCUT2D eigenvalue weighted by atomic mass is 32.1. The molecule has 29 heavy (non-hydrogen) atoms. The number of hydrogen-bond donors (Lipinski definition) is 1. The zero-order chi connectivity index (χ0) is 19.6. The van der Waals surface area contributed by atoms with Crippen LogP contribution in [0.1, 0.15) is 16.8 Å². The van der Waals surface area contributed by atoms with Crippen LogP contribution in [0.25, 0.3) is 22.0 Å². The van der Waals surface area contributed by atoms with Crippen molar-refractivity contribution in [2.75, 3.05) is 6.54 Å². The Kier molecular flexibility index (Phi) is 4.75. The van der Waals surface area contributed by atoms with Crippen molar-refractivity contribution in [3.63, 3.8) is 0 Å². The Morgan fingerprint density at radius 1 is 1.14 bits per heavy atom. The van der Waals surface area contributed by atoms with Crippen molar-refractivity contribution >= 4 is 11.3 Å². The number of aromatic amines is 1. The Bertz CT molecular complexity index is 1170. The summed E-state index contributed by atoms with van der Waals surface area (Å²) in [4.78, 5) is 32.4. The monoisotopic (exact) mass is 401 g/mol. The molecule has 0 spiro atoms. The molecule has 0 aromatic carbocycles. The fraction of sp³-hybridized carbons (Fsp3) is 0.182. The highest BCUT2D eigenvalue weighted by Crippen LogP contribution is 2.23. The smallest absolute Gasteiger partial charge is 0.255 e. The molecule has 7 heteroatoms. The number of hydrogen-bond acceptors (Lipinski definition) is 6. The molecule has 0 saturated heterocycles. The molecule has 0 radical (unpaired) electrons. The molecule has 4 aromatic rings. The third-order valence-electron chi connectivity index (χ3n) is 5.09. The van der Waals surface area contributed by atoms with E-state index in [0.29, 0.717) is 12.4 Å². The van der Waals surface area contributed by atoms with Crippen LogP contribution in [-0.2, 0) is 19.5 Å². The summed E-state index contributed by atoms with van der Waals surface area (Å²) in [5, 5.41) is 2.06. The molecule has 144 valence electrons. The van der Waals surface area contributed by atoms with Crippen LogP contribution < -0.4 is 5.56 Å². The normalized spacial score (nSPS) is 13.9. The molecule has 0 atom stereocenters. The van der Waals surface area contributed by atoms with Gasteiger partial charge in [-0.05, 0) is 35.2 Å². The van der Waals surface area contributed by atoms with Gasteiger partial charge in [0.25, 0.3) is 5.56 Å². The van der Waals surface area contributed by atoms with E-state index in [1.165, 1.54) is 4.88 Å². The first-order valence-corrected chi connectivity index (χ1v) is 10.4. The lowest BCUT2D eigenvalue weighted by Crippen LogP contribution is -2.35. The summed E-state index contributed by atoms with van der Waals surface area (Å²) in [6.45, 7) is 2.22. The Hall–Kier alpha value is -3.16. The van der Waals surface area contributed by atoms with E-state index in [-0.39, 0.29) is 5.56 Å². The molecule has 6 nitrogen and oxygen atoms in total. The Morgan fingerprint density at radius 2 is 2.10 bits per heavy atom. The van der Waals surface area contributed by atoms with E-state index in [9.17, 15) is 4.79 Å². The SMILES string of the molecule is O=c1[nH]c(-c2cccnc2)nc2c1CN(Cc1ccc(-c3cccs3)nc1)CC2. The van der Waals surface area contributed by atoms with Gasteiger partial charge in [-0.3, -0.25) is 19.7 Å². The van der Waals surface area contributed by atoms with Gasteiger partial charge in [0.1, 0.15) is 5.82 Å². The fourth-order valence-electron chi connectivity index (χ4n) is 3.60. The maximum absolute atomic E-state index is 12.7. The molecule has 0 amide bonds. The minimum absolute atomic E-state index is 0.0651. The third-order valence-corrected chi connectivity index (χ3v) is 5.98. The highest BCUT2D eigenvalue weighted by Gasteiger charge is 2.21. The third kappa shape index (κ3) is 3.74. The van der Waals surface area contributed by atoms with Crippen molar-refractivity contribution in [3.05, 3.63) is 87.5 Å². The van der Waals surface area contributed by atoms with Crippen molar-refractivity contribution in [2.24, 2.45) is 0 Å². The quantitative estimate of drug-likeness (QED) is 0.566. The van der Waals surface area contributed by atoms with E-state index in [2.05, 4.69) is 43.4 Å². The predicted octanol–water partition coefficient (Wildman–Crippen LogP) is 3.51. The van der Waals surface area contributed by atoms with Crippen LogP contribution in [0.4, 0.5) is 0 Å². The summed E-state index contributed by atoms with van der Waals surface area (Å²) in [6, 6.07) is 12.0. The number of aromatic nitrogens is 4. The molecule has 4 aromatic heterocycles. The van der Waals surface area contributed by atoms with Gasteiger partial charge in [0.05, 0.1) is 21.8 Å². The molecule has 0 saturated carbocycles. The molecular weight excluding hydrogens is 382 g/mol. The van der Waals surface area contributed by atoms with Gasteiger partial charge in [-0.2, -0.15) is 0 Å². The first kappa shape index (κ1) is 17.9. The van der Waals surface area contributed by atoms with Crippen molar-refractivity contribution in [3.8, 4) is 22.0 Å². The molecule has 0 bridgehead atoms. The van der Waals surface area contributed by atoms with E-state index < -0.39 is 0 Å². The van der Waals surface area contributed by atoms with Crippen LogP contribution >= 0.6 is 11.3 Å². The Morgan fingerprint density at radius 3 is 2.86 bits per heavy atom. The Balaban J connectivity index is 1.33. The second kappa shape index (κ2) is 7.69. The molecule has 0 unspecified atom stereocenters. The van der Waals surface area contributed by atoms with Gasteiger partial charge >= 0.3 is 0 Å². The molecule has 0 fully saturated rings. The summed E-state index contributed by atoms with van der Waals surface area (Å²) in [5.41, 5.74) is 4.54. The van der Waals surface area contributed by atoms with Gasteiger partial charge in [-0.1, -0.05) is 12.1 Å². The van der Waals surface area contributed by atoms with E-state index in [0.717, 1.165) is 47.6 Å². The van der Waals surface area contributed by atoms with Crippen LogP contribution in [0.2, 0.25) is 0 Å². The van der Waals surface area contributed by atoms with Crippen LogP contribution in [0.3, 0.4) is 0 Å². The maximum atomic E-state index is 12.7. The van der Waals surface area contributed by atoms with E-state index >= 15 is 0 Å². The number of thiophene rings is 1. The van der Waals surface area contributed by atoms with Gasteiger partial charge in [0.15, 0.2) is 0 Å². The number of nitrogens with zero attached hydrogens (tertiary/aromatic N) is 4. The van der Waals surface area contributed by atoms with Gasteiger partial charge in [-0.25, -0.2) is 4.98 Å². The topological polar surface area (TPSA) is 74.8 Å². The van der Waals surface area contributed by atoms with Crippen LogP contribution in [-0.4, -0.2) is 31.4 Å². The van der Waals surface area contributed by atoms with Crippen molar-refractivity contribution < 1.29 is 0 Å². The van der Waals surface area contributed by atoms with E-state index in [4.69, 9.17) is 4.98 Å². The van der Waals surface area contributed by atoms with Crippen molar-refractivity contribution in [2.45, 2.75) is 19.5 Å². The lowest BCUT2D eigenvalue weighted by Gasteiger charge is -2.27. The zero-order valence-corrected chi connectivity index (χ0v) is 16.5. The second-order valence-corrected chi connectivity index (χ2v) is 8.02. The minimum Gasteiger partial charge on any atom is -0.306 e. The molecule has 5 rings (SSSR count). The molecular formula is C22H19N5OS. The zero-order valence-electron chi connectivity index (χ0n) is 15.7. The number of rotatable bonds is 4. The van der Waals surface area contributed by atoms with Crippen LogP contribution in [0, 0.1) is 0 Å². The van der Waals surface area contributed by atoms with Gasteiger partial charge in [-0.15, -0.1) is 11.3 Å². The average Bonchev–Trinajstić information content (AvgIpc) is 3.30. The fourth-order valence-corrected chi connectivity index (χ4v) is 4.30.